The van der Waals surface area contributed by atoms with Gasteiger partial charge in [0.15, 0.2) is 0 Å². The Morgan fingerprint density at radius 3 is 1.23 bits per heavy atom. The zero-order chi connectivity index (χ0) is 42.5. The van der Waals surface area contributed by atoms with Crippen LogP contribution < -0.4 is 71.0 Å². The van der Waals surface area contributed by atoms with Gasteiger partial charge in [-0.15, -0.1) is 27.3 Å². The van der Waals surface area contributed by atoms with Gasteiger partial charge >= 0.3 is 0 Å². The molecule has 0 spiro atoms. The van der Waals surface area contributed by atoms with Crippen molar-refractivity contribution in [2.45, 2.75) is 0 Å². The molecule has 0 atom stereocenters. The molecule has 0 saturated heterocycles. The van der Waals surface area contributed by atoms with Crippen molar-refractivity contribution in [3.05, 3.63) is 103 Å². The number of fused-ring (bicyclic) bond motifs is 3. The summed E-state index contributed by atoms with van der Waals surface area (Å²) < 4.78 is 2.43. The second-order valence-corrected chi connectivity index (χ2v) is 17.5. The van der Waals surface area contributed by atoms with Crippen molar-refractivity contribution in [2.24, 2.45) is 0 Å². The molecule has 0 N–H and O–H groups in total. The Bertz CT molecular complexity index is 3180. The van der Waals surface area contributed by atoms with Crippen molar-refractivity contribution >= 4 is 206 Å². The summed E-state index contributed by atoms with van der Waals surface area (Å²) in [6, 6.07) is 37.9. The summed E-state index contributed by atoms with van der Waals surface area (Å²) in [5.74, 6) is 0.968. The number of hydrogen-bond donors (Lipinski definition) is 0. The maximum atomic E-state index is 5.44. The second kappa shape index (κ2) is 14.9. The first-order valence-electron chi connectivity index (χ1n) is 21.5. The van der Waals surface area contributed by atoms with Gasteiger partial charge < -0.3 is 0 Å². The molecule has 8 aromatic carbocycles. The van der Waals surface area contributed by atoms with Crippen LogP contribution in [-0.4, -0.2) is 112 Å². The van der Waals surface area contributed by atoms with Gasteiger partial charge in [-0.2, -0.15) is 0 Å². The lowest BCUT2D eigenvalue weighted by Crippen LogP contribution is -2.56. The average molecular weight is 752 g/mol. The fraction of sp³-hybridized carbons (Fsp3) is 0. The van der Waals surface area contributed by atoms with Crippen LogP contribution in [0, 0.1) is 0 Å². The maximum Gasteiger partial charge on any atom is 0.145 e. The lowest BCUT2D eigenvalue weighted by molar-refractivity contribution is 1.12. The first-order valence-corrected chi connectivity index (χ1v) is 21.5. The molecule has 1 aromatic heterocycles. The van der Waals surface area contributed by atoms with Crippen molar-refractivity contribution in [2.75, 3.05) is 0 Å². The molecule has 0 amide bonds. The zero-order valence-electron chi connectivity index (χ0n) is 37.7. The van der Waals surface area contributed by atoms with E-state index in [1.807, 2.05) is 0 Å². The standard InChI is InChI=1S/C45H43B13N2/c46-31-27-25(20-15-13-19(14-16-20)18-7-2-1-3-8-18)28-30(34(49)38(53)36(51)32(28)47)26(29(27)33(48)37(52)35(31)50)21-9-6-10-22(17-21)45-59-23-11-4-5-12-24(23)60(45)44-42(57)40(55)39(54)41(56)43(44)58/h1-17H,46-58H2. The molecule has 0 saturated carbocycles. The fourth-order valence-corrected chi connectivity index (χ4v) is 10.2. The summed E-state index contributed by atoms with van der Waals surface area (Å²) in [5, 5.41) is 5.40. The van der Waals surface area contributed by atoms with Gasteiger partial charge in [0.2, 0.25) is 0 Å². The Balaban J connectivity index is 1.41. The van der Waals surface area contributed by atoms with Crippen LogP contribution in [0.5, 0.6) is 0 Å². The third-order valence-corrected chi connectivity index (χ3v) is 14.8. The minimum absolute atomic E-state index is 0.968. The smallest absolute Gasteiger partial charge is 0.145 e. The normalized spacial score (nSPS) is 11.5. The molecular weight excluding hydrogens is 709 g/mol. The number of nitrogens with zero attached hydrogens (tertiary/aromatic N) is 2. The van der Waals surface area contributed by atoms with E-state index in [0.29, 0.717) is 0 Å². The van der Waals surface area contributed by atoms with Crippen molar-refractivity contribution < 1.29 is 0 Å². The highest BCUT2D eigenvalue weighted by Crippen LogP contribution is 2.42. The average Bonchev–Trinajstić information content (AvgIpc) is 3.66. The first-order chi connectivity index (χ1) is 28.7. The predicted molar refractivity (Wildman–Crippen MR) is 304 cm³/mol. The summed E-state index contributed by atoms with van der Waals surface area (Å²) in [4.78, 5) is 5.44. The van der Waals surface area contributed by atoms with Crippen molar-refractivity contribution in [1.29, 1.82) is 0 Å². The molecule has 0 unspecified atom stereocenters. The lowest BCUT2D eigenvalue weighted by atomic mass is 9.59. The number of para-hydroxylation sites is 2. The van der Waals surface area contributed by atoms with Crippen LogP contribution in [-0.2, 0) is 0 Å². The van der Waals surface area contributed by atoms with Crippen LogP contribution in [0.2, 0.25) is 0 Å². The number of rotatable bonds is 5. The largest absolute Gasteiger partial charge is 0.294 e. The van der Waals surface area contributed by atoms with Crippen LogP contribution in [0.4, 0.5) is 0 Å². The third-order valence-electron chi connectivity index (χ3n) is 14.8. The van der Waals surface area contributed by atoms with E-state index in [4.69, 9.17) is 4.98 Å². The van der Waals surface area contributed by atoms with Crippen molar-refractivity contribution in [1.82, 2.24) is 9.55 Å². The van der Waals surface area contributed by atoms with Gasteiger partial charge in [-0.05, 0) is 73.1 Å². The lowest BCUT2D eigenvalue weighted by Gasteiger charge is -2.28. The maximum absolute atomic E-state index is 5.44. The van der Waals surface area contributed by atoms with Gasteiger partial charge in [0.05, 0.1) is 11.0 Å². The summed E-state index contributed by atoms with van der Waals surface area (Å²) in [5.41, 5.74) is 29.5. The molecule has 2 nitrogen and oxygen atoms in total. The van der Waals surface area contributed by atoms with Crippen LogP contribution in [0.25, 0.3) is 83.0 Å². The Morgan fingerprint density at radius 1 is 0.317 bits per heavy atom. The number of hydrogen-bond acceptors (Lipinski definition) is 1. The van der Waals surface area contributed by atoms with Crippen LogP contribution in [0.15, 0.2) is 103 Å². The SMILES string of the molecule is Bc1c(B)c(B)c(-n2c(-c3cccc(-c4c5c(B)c(B)c(B)c(B)c5c(-c5ccc(-c6ccccc6)cc5)c5c(B)c(B)c(B)c(B)c45)c3)nc3ccccc32)c(B)c1B. The number of aromatic nitrogens is 2. The van der Waals surface area contributed by atoms with E-state index >= 15 is 0 Å². The van der Waals surface area contributed by atoms with E-state index < -0.39 is 0 Å². The molecule has 0 radical (unpaired) electrons. The summed E-state index contributed by atoms with van der Waals surface area (Å²) in [6.45, 7) is 0. The predicted octanol–water partition coefficient (Wildman–Crippen LogP) is -10.6. The monoisotopic (exact) mass is 754 g/mol. The van der Waals surface area contributed by atoms with Crippen LogP contribution in [0.3, 0.4) is 0 Å². The topological polar surface area (TPSA) is 17.8 Å². The summed E-state index contributed by atoms with van der Waals surface area (Å²) >= 11 is 0. The second-order valence-electron chi connectivity index (χ2n) is 17.5. The van der Waals surface area contributed by atoms with Gasteiger partial charge in [0.1, 0.15) is 108 Å². The highest BCUT2D eigenvalue weighted by Gasteiger charge is 2.26. The van der Waals surface area contributed by atoms with Gasteiger partial charge in [0, 0.05) is 11.3 Å². The van der Waals surface area contributed by atoms with Gasteiger partial charge in [0.25, 0.3) is 0 Å². The Kier molecular flexibility index (Phi) is 9.97. The summed E-state index contributed by atoms with van der Waals surface area (Å²) in [6.07, 6.45) is 0. The van der Waals surface area contributed by atoms with Crippen LogP contribution >= 0.6 is 0 Å². The molecule has 0 bridgehead atoms. The molecule has 272 valence electrons. The Labute approximate surface area is 366 Å². The highest BCUT2D eigenvalue weighted by atomic mass is 15.1. The third kappa shape index (κ3) is 5.93. The molecule has 60 heavy (non-hydrogen) atoms. The molecule has 15 heteroatoms. The number of imidazole rings is 1. The van der Waals surface area contributed by atoms with Gasteiger partial charge in [-0.1, -0.05) is 129 Å². The Hall–Kier alpha value is -5.41. The molecular formula is C45H43B13N2. The molecule has 9 aromatic rings. The molecule has 0 aliphatic heterocycles. The highest BCUT2D eigenvalue weighted by molar-refractivity contribution is 6.72. The van der Waals surface area contributed by atoms with E-state index in [1.54, 1.807) is 0 Å². The van der Waals surface area contributed by atoms with E-state index in [1.165, 1.54) is 132 Å². The van der Waals surface area contributed by atoms with E-state index in [9.17, 15) is 0 Å². The van der Waals surface area contributed by atoms with Gasteiger partial charge in [-0.25, -0.2) is 4.98 Å². The minimum Gasteiger partial charge on any atom is -0.294 e. The molecule has 9 rings (SSSR count). The summed E-state index contributed by atoms with van der Waals surface area (Å²) in [7, 11) is 30.0. The quantitative estimate of drug-likeness (QED) is 0.126. The molecule has 0 aliphatic carbocycles. The number of benzene rings is 8. The van der Waals surface area contributed by atoms with Crippen LogP contribution in [0.1, 0.15) is 0 Å². The molecule has 1 heterocycles. The van der Waals surface area contributed by atoms with Crippen molar-refractivity contribution in [3.8, 4) is 50.5 Å². The van der Waals surface area contributed by atoms with Crippen molar-refractivity contribution in [3.63, 3.8) is 0 Å². The molecule has 0 fully saturated rings. The molecule has 0 aliphatic rings. The fourth-order valence-electron chi connectivity index (χ4n) is 10.2. The first kappa shape index (κ1) is 40.0. The van der Waals surface area contributed by atoms with E-state index in [0.717, 1.165) is 22.4 Å². The van der Waals surface area contributed by atoms with E-state index in [-0.39, 0.29) is 0 Å². The Morgan fingerprint density at radius 2 is 0.700 bits per heavy atom. The minimum atomic E-state index is 0.968. The zero-order valence-corrected chi connectivity index (χ0v) is 37.7. The van der Waals surface area contributed by atoms with E-state index in [2.05, 4.69) is 210 Å². The van der Waals surface area contributed by atoms with Gasteiger partial charge in [-0.3, -0.25) is 4.57 Å².